The zero-order valence-corrected chi connectivity index (χ0v) is 12.7. The van der Waals surface area contributed by atoms with Crippen molar-refractivity contribution in [1.29, 1.82) is 0 Å². The minimum atomic E-state index is -0.776. The fourth-order valence-corrected chi connectivity index (χ4v) is 2.58. The number of aliphatic carboxylic acids is 1. The van der Waals surface area contributed by atoms with Gasteiger partial charge in [0, 0.05) is 10.9 Å². The van der Waals surface area contributed by atoms with E-state index in [-0.39, 0.29) is 17.9 Å². The van der Waals surface area contributed by atoms with Crippen molar-refractivity contribution in [3.05, 3.63) is 22.4 Å². The first-order chi connectivity index (χ1) is 9.41. The zero-order chi connectivity index (χ0) is 15.1. The van der Waals surface area contributed by atoms with Gasteiger partial charge in [0.15, 0.2) is 0 Å². The summed E-state index contributed by atoms with van der Waals surface area (Å²) in [5.41, 5.74) is 5.87. The quantitative estimate of drug-likeness (QED) is 0.685. The van der Waals surface area contributed by atoms with Crippen LogP contribution >= 0.6 is 11.3 Å². The van der Waals surface area contributed by atoms with E-state index in [9.17, 15) is 9.59 Å². The molecule has 20 heavy (non-hydrogen) atoms. The smallest absolute Gasteiger partial charge is 0.306 e. The number of carbonyl (C=O) groups excluding carboxylic acids is 1. The lowest BCUT2D eigenvalue weighted by molar-refractivity contribution is -0.141. The van der Waals surface area contributed by atoms with Crippen molar-refractivity contribution in [2.24, 2.45) is 11.7 Å². The second kappa shape index (κ2) is 8.01. The second-order valence-corrected chi connectivity index (χ2v) is 6.05. The van der Waals surface area contributed by atoms with E-state index < -0.39 is 12.0 Å². The molecule has 3 unspecified atom stereocenters. The number of carboxylic acids is 1. The van der Waals surface area contributed by atoms with Gasteiger partial charge in [-0.1, -0.05) is 19.4 Å². The van der Waals surface area contributed by atoms with Gasteiger partial charge in [-0.15, -0.1) is 11.3 Å². The Morgan fingerprint density at radius 2 is 2.10 bits per heavy atom. The van der Waals surface area contributed by atoms with Crippen molar-refractivity contribution >= 4 is 23.2 Å². The number of thiophene rings is 1. The van der Waals surface area contributed by atoms with E-state index >= 15 is 0 Å². The first-order valence-corrected chi connectivity index (χ1v) is 7.62. The fourth-order valence-electron chi connectivity index (χ4n) is 1.86. The number of hydrogen-bond acceptors (Lipinski definition) is 4. The number of nitrogens with one attached hydrogen (secondary N) is 1. The summed E-state index contributed by atoms with van der Waals surface area (Å²) in [6.07, 6.45) is 2.14. The summed E-state index contributed by atoms with van der Waals surface area (Å²) in [5.74, 6) is -1.31. The predicted octanol–water partition coefficient (Wildman–Crippen LogP) is 2.14. The molecule has 3 atom stereocenters. The van der Waals surface area contributed by atoms with E-state index in [0.29, 0.717) is 6.42 Å². The van der Waals surface area contributed by atoms with Gasteiger partial charge in [-0.25, -0.2) is 0 Å². The van der Waals surface area contributed by atoms with Gasteiger partial charge in [-0.05, 0) is 31.2 Å². The molecule has 0 spiro atoms. The molecule has 4 N–H and O–H groups in total. The lowest BCUT2D eigenvalue weighted by Crippen LogP contribution is -2.39. The second-order valence-electron chi connectivity index (χ2n) is 5.07. The Hall–Kier alpha value is -1.40. The molecule has 0 aliphatic carbocycles. The van der Waals surface area contributed by atoms with E-state index in [4.69, 9.17) is 10.8 Å². The molecule has 0 saturated carbocycles. The summed E-state index contributed by atoms with van der Waals surface area (Å²) in [6.45, 7) is 3.60. The van der Waals surface area contributed by atoms with Crippen LogP contribution in [0.2, 0.25) is 0 Å². The summed E-state index contributed by atoms with van der Waals surface area (Å²) >= 11 is 1.46. The molecule has 1 heterocycles. The molecule has 1 aromatic rings. The van der Waals surface area contributed by atoms with Crippen LogP contribution < -0.4 is 11.1 Å². The Labute approximate surface area is 123 Å². The van der Waals surface area contributed by atoms with Crippen LogP contribution in [0.15, 0.2) is 17.5 Å². The molecule has 1 rings (SSSR count). The number of amides is 1. The summed E-state index contributed by atoms with van der Waals surface area (Å²) in [5, 5.41) is 13.5. The highest BCUT2D eigenvalue weighted by molar-refractivity contribution is 7.10. The number of carboxylic acid groups (broad SMARTS) is 1. The first-order valence-electron chi connectivity index (χ1n) is 6.74. The Balaban J connectivity index is 2.29. The van der Waals surface area contributed by atoms with Crippen molar-refractivity contribution in [3.8, 4) is 0 Å². The molecule has 1 aromatic heterocycles. The van der Waals surface area contributed by atoms with E-state index in [1.165, 1.54) is 11.3 Å². The van der Waals surface area contributed by atoms with Gasteiger partial charge in [0.2, 0.25) is 5.91 Å². The standard InChI is InChI=1S/C14H22N2O3S/c1-9(14(18)19)5-3-6-10(2)16-13(17)12(15)11-7-4-8-20-11/h4,7-10,12H,3,5-6,15H2,1-2H3,(H,16,17)(H,18,19). The van der Waals surface area contributed by atoms with Crippen LogP contribution in [0.1, 0.15) is 44.0 Å². The minimum Gasteiger partial charge on any atom is -0.481 e. The van der Waals surface area contributed by atoms with Crippen molar-refractivity contribution in [3.63, 3.8) is 0 Å². The molecule has 0 saturated heterocycles. The molecule has 0 aromatic carbocycles. The van der Waals surface area contributed by atoms with Crippen LogP contribution in [0.4, 0.5) is 0 Å². The molecule has 6 heteroatoms. The van der Waals surface area contributed by atoms with Gasteiger partial charge < -0.3 is 16.2 Å². The molecule has 0 aliphatic heterocycles. The van der Waals surface area contributed by atoms with Crippen LogP contribution in [0.25, 0.3) is 0 Å². The molecule has 0 bridgehead atoms. The Morgan fingerprint density at radius 3 is 2.65 bits per heavy atom. The molecule has 112 valence electrons. The molecule has 0 fully saturated rings. The molecule has 5 nitrogen and oxygen atoms in total. The highest BCUT2D eigenvalue weighted by Crippen LogP contribution is 2.17. The topological polar surface area (TPSA) is 92.4 Å². The Bertz CT molecular complexity index is 434. The third kappa shape index (κ3) is 5.30. The van der Waals surface area contributed by atoms with Crippen LogP contribution in [0.5, 0.6) is 0 Å². The fraction of sp³-hybridized carbons (Fsp3) is 0.571. The lowest BCUT2D eigenvalue weighted by atomic mass is 10.0. The van der Waals surface area contributed by atoms with Crippen molar-refractivity contribution in [1.82, 2.24) is 5.32 Å². The lowest BCUT2D eigenvalue weighted by Gasteiger charge is -2.17. The van der Waals surface area contributed by atoms with Gasteiger partial charge in [-0.3, -0.25) is 9.59 Å². The highest BCUT2D eigenvalue weighted by atomic mass is 32.1. The van der Waals surface area contributed by atoms with Crippen LogP contribution in [-0.2, 0) is 9.59 Å². The van der Waals surface area contributed by atoms with Crippen molar-refractivity contribution in [2.75, 3.05) is 0 Å². The van der Waals surface area contributed by atoms with Crippen LogP contribution in [-0.4, -0.2) is 23.0 Å². The highest BCUT2D eigenvalue weighted by Gasteiger charge is 2.18. The van der Waals surface area contributed by atoms with E-state index in [1.807, 2.05) is 24.4 Å². The molecule has 0 aliphatic rings. The predicted molar refractivity (Wildman–Crippen MR) is 79.5 cm³/mol. The van der Waals surface area contributed by atoms with Crippen LogP contribution in [0, 0.1) is 5.92 Å². The average Bonchev–Trinajstić information content (AvgIpc) is 2.91. The van der Waals surface area contributed by atoms with Gasteiger partial charge >= 0.3 is 5.97 Å². The summed E-state index contributed by atoms with van der Waals surface area (Å²) in [7, 11) is 0. The monoisotopic (exact) mass is 298 g/mol. The molecular weight excluding hydrogens is 276 g/mol. The van der Waals surface area contributed by atoms with Crippen molar-refractivity contribution < 1.29 is 14.7 Å². The molecule has 1 amide bonds. The maximum Gasteiger partial charge on any atom is 0.306 e. The van der Waals surface area contributed by atoms with Gasteiger partial charge in [-0.2, -0.15) is 0 Å². The zero-order valence-electron chi connectivity index (χ0n) is 11.8. The minimum absolute atomic E-state index is 0.00509. The Morgan fingerprint density at radius 1 is 1.40 bits per heavy atom. The third-order valence-electron chi connectivity index (χ3n) is 3.22. The molecule has 0 radical (unpaired) electrons. The first kappa shape index (κ1) is 16.7. The summed E-state index contributed by atoms with van der Waals surface area (Å²) in [6, 6.07) is 3.07. The Kier molecular flexibility index (Phi) is 6.67. The number of rotatable bonds is 8. The maximum atomic E-state index is 11.9. The maximum absolute atomic E-state index is 11.9. The third-order valence-corrected chi connectivity index (χ3v) is 4.17. The van der Waals surface area contributed by atoms with E-state index in [0.717, 1.165) is 17.7 Å². The van der Waals surface area contributed by atoms with Gasteiger partial charge in [0.1, 0.15) is 6.04 Å². The van der Waals surface area contributed by atoms with Gasteiger partial charge in [0.25, 0.3) is 0 Å². The van der Waals surface area contributed by atoms with Crippen molar-refractivity contribution in [2.45, 2.75) is 45.2 Å². The molecular formula is C14H22N2O3S. The van der Waals surface area contributed by atoms with E-state index in [1.54, 1.807) is 6.92 Å². The van der Waals surface area contributed by atoms with Gasteiger partial charge in [0.05, 0.1) is 5.92 Å². The summed E-state index contributed by atoms with van der Waals surface area (Å²) in [4.78, 5) is 23.5. The normalized spacial score (nSPS) is 15.3. The summed E-state index contributed by atoms with van der Waals surface area (Å²) < 4.78 is 0. The van der Waals surface area contributed by atoms with Crippen LogP contribution in [0.3, 0.4) is 0 Å². The SMILES string of the molecule is CC(CCCC(C)C(=O)O)NC(=O)C(N)c1cccs1. The largest absolute Gasteiger partial charge is 0.481 e. The number of nitrogens with two attached hydrogens (primary N) is 1. The van der Waals surface area contributed by atoms with E-state index in [2.05, 4.69) is 5.32 Å². The number of carbonyl (C=O) groups is 2. The number of hydrogen-bond donors (Lipinski definition) is 3. The average molecular weight is 298 g/mol.